The maximum Gasteiger partial charge on any atom is 0.0220 e. The summed E-state index contributed by atoms with van der Waals surface area (Å²) >= 11 is 0. The van der Waals surface area contributed by atoms with E-state index in [0.29, 0.717) is 0 Å². The molecule has 0 bridgehead atoms. The Balaban J connectivity index is 1.98. The minimum absolute atomic E-state index is 0.133. The Morgan fingerprint density at radius 2 is 1.29 bits per heavy atom. The van der Waals surface area contributed by atoms with Gasteiger partial charge < -0.3 is 0 Å². The molecule has 1 aliphatic carbocycles. The Labute approximate surface area is 215 Å². The summed E-state index contributed by atoms with van der Waals surface area (Å²) in [6, 6.07) is 19.1. The molecule has 0 saturated heterocycles. The molecule has 0 amide bonds. The lowest BCUT2D eigenvalue weighted by molar-refractivity contribution is 0.266. The van der Waals surface area contributed by atoms with Gasteiger partial charge in [-0.05, 0) is 77.1 Å². The number of aryl methyl sites for hydroxylation is 2. The van der Waals surface area contributed by atoms with Crippen LogP contribution in [0.15, 0.2) is 48.5 Å². The molecule has 0 aromatic heterocycles. The van der Waals surface area contributed by atoms with E-state index in [-0.39, 0.29) is 5.41 Å². The first-order valence-electron chi connectivity index (χ1n) is 14.6. The van der Waals surface area contributed by atoms with Crippen molar-refractivity contribution in [1.29, 1.82) is 0 Å². The molecule has 3 aromatic rings. The third-order valence-electron chi connectivity index (χ3n) is 9.09. The first kappa shape index (κ1) is 26.0. The summed E-state index contributed by atoms with van der Waals surface area (Å²) in [4.78, 5) is 0. The standard InChI is InChI=1S/C35H48/c1-7-11-15-27(9-3)23-35(24-28(10-4)16-12-8-2)32-21-25(5)19-20-31(32)34-30-18-14-13-17-29(30)26(6)22-33(34)35/h13-14,17-22,27-28H,7-12,15-16,23-24H2,1-6H3. The summed E-state index contributed by atoms with van der Waals surface area (Å²) in [5, 5.41) is 2.88. The fourth-order valence-electron chi connectivity index (χ4n) is 7.04. The number of fused-ring (bicyclic) bond motifs is 5. The van der Waals surface area contributed by atoms with Gasteiger partial charge in [-0.2, -0.15) is 0 Å². The van der Waals surface area contributed by atoms with Crippen molar-refractivity contribution in [3.05, 3.63) is 70.8 Å². The van der Waals surface area contributed by atoms with Crippen LogP contribution >= 0.6 is 0 Å². The lowest BCUT2D eigenvalue weighted by Crippen LogP contribution is -2.31. The summed E-state index contributed by atoms with van der Waals surface area (Å²) < 4.78 is 0. The summed E-state index contributed by atoms with van der Waals surface area (Å²) in [6.45, 7) is 14.2. The average Bonchev–Trinajstić information content (AvgIpc) is 3.13. The van der Waals surface area contributed by atoms with Crippen LogP contribution in [0.2, 0.25) is 0 Å². The SMILES string of the molecule is CCCCC(CC)CC1(CC(CC)CCCC)c2cc(C)ccc2-c2c1cc(C)c1ccccc21. The molecule has 0 nitrogen and oxygen atoms in total. The Hall–Kier alpha value is -2.08. The number of rotatable bonds is 12. The smallest absolute Gasteiger partial charge is 0.0220 e. The molecule has 2 atom stereocenters. The van der Waals surface area contributed by atoms with Gasteiger partial charge in [-0.1, -0.05) is 133 Å². The Morgan fingerprint density at radius 3 is 1.86 bits per heavy atom. The van der Waals surface area contributed by atoms with Crippen molar-refractivity contribution in [2.45, 2.75) is 111 Å². The second-order valence-corrected chi connectivity index (χ2v) is 11.5. The fraction of sp³-hybridized carbons (Fsp3) is 0.543. The van der Waals surface area contributed by atoms with Crippen LogP contribution in [-0.2, 0) is 5.41 Å². The molecular formula is C35H48. The molecule has 4 rings (SSSR count). The van der Waals surface area contributed by atoms with Gasteiger partial charge in [0.15, 0.2) is 0 Å². The van der Waals surface area contributed by atoms with Crippen LogP contribution < -0.4 is 0 Å². The molecule has 1 aliphatic rings. The number of hydrogen-bond acceptors (Lipinski definition) is 0. The fourth-order valence-corrected chi connectivity index (χ4v) is 7.04. The summed E-state index contributed by atoms with van der Waals surface area (Å²) in [7, 11) is 0. The molecular weight excluding hydrogens is 420 g/mol. The average molecular weight is 469 g/mol. The molecule has 0 heterocycles. The number of unbranched alkanes of at least 4 members (excludes halogenated alkanes) is 2. The van der Waals surface area contributed by atoms with Crippen molar-refractivity contribution < 1.29 is 0 Å². The van der Waals surface area contributed by atoms with Gasteiger partial charge in [-0.15, -0.1) is 0 Å². The van der Waals surface area contributed by atoms with E-state index < -0.39 is 0 Å². The van der Waals surface area contributed by atoms with Gasteiger partial charge in [-0.3, -0.25) is 0 Å². The van der Waals surface area contributed by atoms with E-state index in [4.69, 9.17) is 0 Å². The molecule has 188 valence electrons. The maximum absolute atomic E-state index is 2.60. The molecule has 0 saturated carbocycles. The van der Waals surface area contributed by atoms with Gasteiger partial charge >= 0.3 is 0 Å². The third kappa shape index (κ3) is 4.96. The molecule has 3 aromatic carbocycles. The van der Waals surface area contributed by atoms with Crippen LogP contribution in [0.3, 0.4) is 0 Å². The van der Waals surface area contributed by atoms with E-state index in [9.17, 15) is 0 Å². The molecule has 0 spiro atoms. The van der Waals surface area contributed by atoms with E-state index in [2.05, 4.69) is 90.1 Å². The number of hydrogen-bond donors (Lipinski definition) is 0. The Bertz CT molecular complexity index is 1120. The van der Waals surface area contributed by atoms with Crippen LogP contribution in [0, 0.1) is 25.7 Å². The van der Waals surface area contributed by atoms with Crippen molar-refractivity contribution in [3.8, 4) is 11.1 Å². The van der Waals surface area contributed by atoms with Crippen molar-refractivity contribution in [2.24, 2.45) is 11.8 Å². The minimum Gasteiger partial charge on any atom is -0.0654 e. The minimum atomic E-state index is 0.133. The van der Waals surface area contributed by atoms with E-state index in [1.807, 2.05) is 0 Å². The molecule has 0 aliphatic heterocycles. The van der Waals surface area contributed by atoms with E-state index in [0.717, 1.165) is 11.8 Å². The highest BCUT2D eigenvalue weighted by molar-refractivity contribution is 6.04. The highest BCUT2D eigenvalue weighted by Gasteiger charge is 2.46. The lowest BCUT2D eigenvalue weighted by Gasteiger charge is -2.39. The van der Waals surface area contributed by atoms with Gasteiger partial charge in [0.25, 0.3) is 0 Å². The van der Waals surface area contributed by atoms with Crippen LogP contribution in [0.4, 0.5) is 0 Å². The molecule has 2 unspecified atom stereocenters. The summed E-state index contributed by atoms with van der Waals surface area (Å²) in [6.07, 6.45) is 13.2. The molecule has 0 fully saturated rings. The zero-order valence-corrected chi connectivity index (χ0v) is 23.3. The monoisotopic (exact) mass is 468 g/mol. The highest BCUT2D eigenvalue weighted by atomic mass is 14.5. The van der Waals surface area contributed by atoms with E-state index >= 15 is 0 Å². The van der Waals surface area contributed by atoms with Gasteiger partial charge in [0.2, 0.25) is 0 Å². The third-order valence-corrected chi connectivity index (χ3v) is 9.09. The van der Waals surface area contributed by atoms with Crippen LogP contribution in [-0.4, -0.2) is 0 Å². The normalized spacial score (nSPS) is 18.5. The molecule has 0 N–H and O–H groups in total. The van der Waals surface area contributed by atoms with Gasteiger partial charge in [0, 0.05) is 5.41 Å². The quantitative estimate of drug-likeness (QED) is 0.248. The lowest BCUT2D eigenvalue weighted by atomic mass is 9.64. The predicted octanol–water partition coefficient (Wildman–Crippen LogP) is 10.9. The summed E-state index contributed by atoms with van der Waals surface area (Å²) in [5.74, 6) is 1.56. The topological polar surface area (TPSA) is 0 Å². The Kier molecular flexibility index (Phi) is 8.41. The van der Waals surface area contributed by atoms with E-state index in [1.54, 1.807) is 11.1 Å². The zero-order valence-electron chi connectivity index (χ0n) is 23.3. The Morgan fingerprint density at radius 1 is 0.686 bits per heavy atom. The van der Waals surface area contributed by atoms with Crippen molar-refractivity contribution in [2.75, 3.05) is 0 Å². The molecule has 0 radical (unpaired) electrons. The first-order chi connectivity index (χ1) is 17.0. The van der Waals surface area contributed by atoms with Gasteiger partial charge in [0.05, 0.1) is 0 Å². The molecule has 0 heteroatoms. The van der Waals surface area contributed by atoms with Gasteiger partial charge in [-0.25, -0.2) is 0 Å². The largest absolute Gasteiger partial charge is 0.0654 e. The van der Waals surface area contributed by atoms with Crippen molar-refractivity contribution in [3.63, 3.8) is 0 Å². The highest BCUT2D eigenvalue weighted by Crippen LogP contribution is 2.58. The van der Waals surface area contributed by atoms with Crippen LogP contribution in [0.5, 0.6) is 0 Å². The second-order valence-electron chi connectivity index (χ2n) is 11.5. The number of benzene rings is 3. The predicted molar refractivity (Wildman–Crippen MR) is 155 cm³/mol. The van der Waals surface area contributed by atoms with Crippen LogP contribution in [0.25, 0.3) is 21.9 Å². The van der Waals surface area contributed by atoms with Crippen molar-refractivity contribution in [1.82, 2.24) is 0 Å². The summed E-state index contributed by atoms with van der Waals surface area (Å²) in [5.41, 5.74) is 9.30. The van der Waals surface area contributed by atoms with Crippen LogP contribution in [0.1, 0.15) is 114 Å². The van der Waals surface area contributed by atoms with Gasteiger partial charge in [0.1, 0.15) is 0 Å². The zero-order chi connectivity index (χ0) is 25.0. The molecule has 35 heavy (non-hydrogen) atoms. The maximum atomic E-state index is 2.60. The second kappa shape index (κ2) is 11.3. The van der Waals surface area contributed by atoms with E-state index in [1.165, 1.54) is 97.2 Å². The van der Waals surface area contributed by atoms with Crippen molar-refractivity contribution >= 4 is 10.8 Å². The first-order valence-corrected chi connectivity index (χ1v) is 14.6.